The molecule has 0 aromatic heterocycles. The minimum absolute atomic E-state index is 0.405. The fraction of sp³-hybridized carbons (Fsp3) is 0.364. The van der Waals surface area contributed by atoms with Gasteiger partial charge in [-0.25, -0.2) is 0 Å². The monoisotopic (exact) mass is 224 g/mol. The molecule has 15 heavy (non-hydrogen) atoms. The second kappa shape index (κ2) is 5.01. The van der Waals surface area contributed by atoms with Crippen LogP contribution in [-0.2, 0) is 0 Å². The van der Waals surface area contributed by atoms with Crippen LogP contribution in [0.15, 0.2) is 12.1 Å². The van der Waals surface area contributed by atoms with Crippen molar-refractivity contribution in [3.8, 4) is 11.8 Å². The van der Waals surface area contributed by atoms with Gasteiger partial charge in [0.2, 0.25) is 0 Å². The Balaban J connectivity index is 3.32. The Bertz CT molecular complexity index is 398. The number of nitrogens with zero attached hydrogens (tertiary/aromatic N) is 1. The van der Waals surface area contributed by atoms with Crippen molar-refractivity contribution in [1.82, 2.24) is 5.32 Å². The SMILES string of the molecule is CNC(C#N)c1cc(Cl)cc(C)c1OC. The van der Waals surface area contributed by atoms with Gasteiger partial charge >= 0.3 is 0 Å². The molecule has 0 aliphatic heterocycles. The molecular formula is C11H13ClN2O. The number of nitrogens with one attached hydrogen (secondary N) is 1. The molecule has 0 heterocycles. The number of methoxy groups -OCH3 is 1. The minimum Gasteiger partial charge on any atom is -0.496 e. The first-order valence-electron chi connectivity index (χ1n) is 4.55. The van der Waals surface area contributed by atoms with Crippen molar-refractivity contribution in [2.75, 3.05) is 14.2 Å². The summed E-state index contributed by atoms with van der Waals surface area (Å²) in [5.41, 5.74) is 1.70. The van der Waals surface area contributed by atoms with Crippen LogP contribution in [-0.4, -0.2) is 14.2 Å². The number of nitriles is 1. The number of ether oxygens (including phenoxy) is 1. The van der Waals surface area contributed by atoms with Crippen LogP contribution in [0.1, 0.15) is 17.2 Å². The first kappa shape index (κ1) is 11.8. The van der Waals surface area contributed by atoms with Crippen molar-refractivity contribution in [2.24, 2.45) is 0 Å². The number of benzene rings is 1. The Hall–Kier alpha value is -1.24. The van der Waals surface area contributed by atoms with E-state index in [2.05, 4.69) is 11.4 Å². The maximum absolute atomic E-state index is 8.97. The van der Waals surface area contributed by atoms with Crippen LogP contribution in [0.4, 0.5) is 0 Å². The Morgan fingerprint density at radius 1 is 1.53 bits per heavy atom. The zero-order valence-electron chi connectivity index (χ0n) is 8.97. The van der Waals surface area contributed by atoms with E-state index >= 15 is 0 Å². The first-order chi connectivity index (χ1) is 7.13. The largest absolute Gasteiger partial charge is 0.496 e. The highest BCUT2D eigenvalue weighted by atomic mass is 35.5. The van der Waals surface area contributed by atoms with Gasteiger partial charge in [-0.05, 0) is 31.7 Å². The summed E-state index contributed by atoms with van der Waals surface area (Å²) < 4.78 is 5.27. The van der Waals surface area contributed by atoms with E-state index in [4.69, 9.17) is 21.6 Å². The summed E-state index contributed by atoms with van der Waals surface area (Å²) >= 11 is 5.94. The highest BCUT2D eigenvalue weighted by molar-refractivity contribution is 6.30. The van der Waals surface area contributed by atoms with Gasteiger partial charge in [0.15, 0.2) is 0 Å². The van der Waals surface area contributed by atoms with Gasteiger partial charge in [-0.3, -0.25) is 0 Å². The van der Waals surface area contributed by atoms with Gasteiger partial charge in [-0.2, -0.15) is 5.26 Å². The predicted octanol–water partition coefficient (Wildman–Crippen LogP) is 2.44. The van der Waals surface area contributed by atoms with E-state index in [1.165, 1.54) is 0 Å². The molecule has 1 unspecified atom stereocenters. The maximum Gasteiger partial charge on any atom is 0.127 e. The summed E-state index contributed by atoms with van der Waals surface area (Å²) in [5, 5.41) is 12.5. The molecule has 1 rings (SSSR count). The van der Waals surface area contributed by atoms with E-state index in [-0.39, 0.29) is 0 Å². The number of aryl methyl sites for hydroxylation is 1. The van der Waals surface area contributed by atoms with Crippen molar-refractivity contribution in [3.63, 3.8) is 0 Å². The molecule has 80 valence electrons. The lowest BCUT2D eigenvalue weighted by Gasteiger charge is -2.15. The maximum atomic E-state index is 8.97. The smallest absolute Gasteiger partial charge is 0.127 e. The molecular weight excluding hydrogens is 212 g/mol. The third kappa shape index (κ3) is 2.41. The zero-order chi connectivity index (χ0) is 11.4. The molecule has 1 aromatic rings. The van der Waals surface area contributed by atoms with E-state index in [0.29, 0.717) is 10.8 Å². The summed E-state index contributed by atoms with van der Waals surface area (Å²) in [6.45, 7) is 1.90. The van der Waals surface area contributed by atoms with Crippen LogP contribution in [0.25, 0.3) is 0 Å². The minimum atomic E-state index is -0.405. The number of halogens is 1. The van der Waals surface area contributed by atoms with Gasteiger partial charge in [0.1, 0.15) is 11.8 Å². The lowest BCUT2D eigenvalue weighted by molar-refractivity contribution is 0.403. The van der Waals surface area contributed by atoms with Crippen LogP contribution in [0.5, 0.6) is 5.75 Å². The molecule has 0 spiro atoms. The standard InChI is InChI=1S/C11H13ClN2O/c1-7-4-8(12)5-9(11(7)15-3)10(6-13)14-2/h4-5,10,14H,1-3H3. The van der Waals surface area contributed by atoms with Crippen LogP contribution in [0, 0.1) is 18.3 Å². The van der Waals surface area contributed by atoms with Crippen LogP contribution in [0.2, 0.25) is 5.02 Å². The summed E-state index contributed by atoms with van der Waals surface area (Å²) in [6.07, 6.45) is 0. The molecule has 0 saturated heterocycles. The van der Waals surface area contributed by atoms with E-state index in [1.54, 1.807) is 20.2 Å². The van der Waals surface area contributed by atoms with Crippen LogP contribution >= 0.6 is 11.6 Å². The fourth-order valence-electron chi connectivity index (χ4n) is 1.54. The molecule has 0 amide bonds. The Morgan fingerprint density at radius 3 is 2.67 bits per heavy atom. The highest BCUT2D eigenvalue weighted by Crippen LogP contribution is 2.31. The van der Waals surface area contributed by atoms with Gasteiger partial charge in [0.25, 0.3) is 0 Å². The Kier molecular flexibility index (Phi) is 3.96. The van der Waals surface area contributed by atoms with Gasteiger partial charge < -0.3 is 10.1 Å². The van der Waals surface area contributed by atoms with E-state index < -0.39 is 6.04 Å². The van der Waals surface area contributed by atoms with Crippen molar-refractivity contribution >= 4 is 11.6 Å². The molecule has 0 bridgehead atoms. The molecule has 0 fully saturated rings. The topological polar surface area (TPSA) is 45.0 Å². The summed E-state index contributed by atoms with van der Waals surface area (Å²) in [7, 11) is 3.31. The van der Waals surface area contributed by atoms with Crippen molar-refractivity contribution < 1.29 is 4.74 Å². The van der Waals surface area contributed by atoms with Crippen molar-refractivity contribution in [1.29, 1.82) is 5.26 Å². The highest BCUT2D eigenvalue weighted by Gasteiger charge is 2.16. The fourth-order valence-corrected chi connectivity index (χ4v) is 1.82. The van der Waals surface area contributed by atoms with Crippen molar-refractivity contribution in [2.45, 2.75) is 13.0 Å². The molecule has 1 atom stereocenters. The normalized spacial score (nSPS) is 11.9. The lowest BCUT2D eigenvalue weighted by atomic mass is 10.0. The summed E-state index contributed by atoms with van der Waals surface area (Å²) in [5.74, 6) is 0.709. The molecule has 3 nitrogen and oxygen atoms in total. The lowest BCUT2D eigenvalue weighted by Crippen LogP contribution is -2.15. The van der Waals surface area contributed by atoms with E-state index in [1.807, 2.05) is 13.0 Å². The molecule has 1 N–H and O–H groups in total. The second-order valence-electron chi connectivity index (χ2n) is 3.20. The Morgan fingerprint density at radius 2 is 2.20 bits per heavy atom. The average molecular weight is 225 g/mol. The van der Waals surface area contributed by atoms with Crippen molar-refractivity contribution in [3.05, 3.63) is 28.3 Å². The number of rotatable bonds is 3. The average Bonchev–Trinajstić information content (AvgIpc) is 2.19. The molecule has 0 saturated carbocycles. The second-order valence-corrected chi connectivity index (χ2v) is 3.63. The third-order valence-corrected chi connectivity index (χ3v) is 2.42. The zero-order valence-corrected chi connectivity index (χ0v) is 9.72. The summed E-state index contributed by atoms with van der Waals surface area (Å²) in [6, 6.07) is 5.30. The first-order valence-corrected chi connectivity index (χ1v) is 4.92. The quantitative estimate of drug-likeness (QED) is 0.858. The number of hydrogen-bond acceptors (Lipinski definition) is 3. The predicted molar refractivity (Wildman–Crippen MR) is 60.2 cm³/mol. The Labute approximate surface area is 94.6 Å². The molecule has 4 heteroatoms. The summed E-state index contributed by atoms with van der Waals surface area (Å²) in [4.78, 5) is 0. The third-order valence-electron chi connectivity index (χ3n) is 2.20. The van der Waals surface area contributed by atoms with Gasteiger partial charge in [-0.1, -0.05) is 11.6 Å². The molecule has 0 aliphatic carbocycles. The van der Waals surface area contributed by atoms with E-state index in [9.17, 15) is 0 Å². The molecule has 1 aromatic carbocycles. The molecule has 0 radical (unpaired) electrons. The van der Waals surface area contributed by atoms with E-state index in [0.717, 1.165) is 11.1 Å². The van der Waals surface area contributed by atoms with Crippen LogP contribution in [0.3, 0.4) is 0 Å². The van der Waals surface area contributed by atoms with Gasteiger partial charge in [0.05, 0.1) is 13.2 Å². The van der Waals surface area contributed by atoms with Crippen LogP contribution < -0.4 is 10.1 Å². The molecule has 0 aliphatic rings. The number of hydrogen-bond donors (Lipinski definition) is 1. The van der Waals surface area contributed by atoms with Gasteiger partial charge in [0, 0.05) is 10.6 Å². The van der Waals surface area contributed by atoms with Gasteiger partial charge in [-0.15, -0.1) is 0 Å².